The highest BCUT2D eigenvalue weighted by Crippen LogP contribution is 2.41. The number of hydrogen-bond donors (Lipinski definition) is 3. The van der Waals surface area contributed by atoms with Crippen molar-refractivity contribution in [3.05, 3.63) is 16.6 Å². The van der Waals surface area contributed by atoms with Crippen molar-refractivity contribution >= 4 is 33.3 Å². The van der Waals surface area contributed by atoms with Gasteiger partial charge in [0.2, 0.25) is 0 Å². The minimum atomic E-state index is 0.447. The fraction of sp³-hybridized carbons (Fsp3) is 0.364. The van der Waals surface area contributed by atoms with Gasteiger partial charge in [-0.25, -0.2) is 0 Å². The van der Waals surface area contributed by atoms with E-state index in [1.54, 1.807) is 0 Å². The highest BCUT2D eigenvalue weighted by atomic mass is 79.9. The third-order valence-electron chi connectivity index (χ3n) is 2.93. The Balaban J connectivity index is 2.03. The quantitative estimate of drug-likeness (QED) is 0.737. The van der Waals surface area contributed by atoms with Gasteiger partial charge in [-0.15, -0.1) is 0 Å². The molecular formula is C11H13BrN4O. The maximum absolute atomic E-state index is 7.82. The van der Waals surface area contributed by atoms with Gasteiger partial charge in [0.1, 0.15) is 12.4 Å². The Hall–Kier alpha value is -1.43. The van der Waals surface area contributed by atoms with Crippen LogP contribution in [-0.2, 0) is 0 Å². The molecule has 1 aromatic carbocycles. The van der Waals surface area contributed by atoms with E-state index in [-0.39, 0.29) is 0 Å². The molecular weight excluding hydrogens is 284 g/mol. The number of hydrogen-bond acceptors (Lipinski definition) is 3. The van der Waals surface area contributed by atoms with Crippen molar-refractivity contribution in [3.8, 4) is 5.75 Å². The van der Waals surface area contributed by atoms with E-state index in [9.17, 15) is 0 Å². The maximum atomic E-state index is 7.82. The second-order valence-electron chi connectivity index (χ2n) is 3.97. The SMILES string of the molecule is N=C1NCCN1c1ccc2c(c1Br)NCCO2. The number of guanidine groups is 1. The molecule has 3 N–H and O–H groups in total. The first-order chi connectivity index (χ1) is 8.27. The smallest absolute Gasteiger partial charge is 0.195 e. The molecule has 1 saturated heterocycles. The summed E-state index contributed by atoms with van der Waals surface area (Å²) in [5.41, 5.74) is 1.98. The van der Waals surface area contributed by atoms with Gasteiger partial charge in [-0.3, -0.25) is 5.41 Å². The van der Waals surface area contributed by atoms with E-state index in [0.717, 1.165) is 41.2 Å². The summed E-state index contributed by atoms with van der Waals surface area (Å²) in [7, 11) is 0. The van der Waals surface area contributed by atoms with Gasteiger partial charge in [-0.1, -0.05) is 0 Å². The van der Waals surface area contributed by atoms with Gasteiger partial charge in [-0.2, -0.15) is 0 Å². The van der Waals surface area contributed by atoms with E-state index in [1.165, 1.54) is 0 Å². The molecule has 3 rings (SSSR count). The van der Waals surface area contributed by atoms with Crippen LogP contribution in [0.2, 0.25) is 0 Å². The molecule has 2 aliphatic heterocycles. The highest BCUT2D eigenvalue weighted by molar-refractivity contribution is 9.10. The zero-order valence-corrected chi connectivity index (χ0v) is 10.8. The Morgan fingerprint density at radius 1 is 1.29 bits per heavy atom. The number of halogens is 1. The molecule has 0 atom stereocenters. The van der Waals surface area contributed by atoms with Crippen molar-refractivity contribution < 1.29 is 4.74 Å². The average molecular weight is 297 g/mol. The standard InChI is InChI=1S/C11H13BrN4O/c12-9-7(16-5-3-15-11(16)13)1-2-8-10(9)14-4-6-17-8/h1-2,14H,3-6H2,(H2,13,15). The summed E-state index contributed by atoms with van der Waals surface area (Å²) in [6, 6.07) is 3.94. The lowest BCUT2D eigenvalue weighted by atomic mass is 10.2. The molecule has 5 nitrogen and oxygen atoms in total. The number of nitrogens with one attached hydrogen (secondary N) is 3. The van der Waals surface area contributed by atoms with E-state index in [0.29, 0.717) is 12.6 Å². The summed E-state index contributed by atoms with van der Waals surface area (Å²) in [6.45, 7) is 3.13. The van der Waals surface area contributed by atoms with Crippen LogP contribution < -0.4 is 20.3 Å². The van der Waals surface area contributed by atoms with Crippen LogP contribution >= 0.6 is 15.9 Å². The Morgan fingerprint density at radius 2 is 2.18 bits per heavy atom. The molecule has 0 aromatic heterocycles. The van der Waals surface area contributed by atoms with E-state index in [4.69, 9.17) is 10.1 Å². The molecule has 90 valence electrons. The van der Waals surface area contributed by atoms with Crippen LogP contribution in [-0.4, -0.2) is 32.2 Å². The van der Waals surface area contributed by atoms with Crippen LogP contribution in [0.15, 0.2) is 16.6 Å². The van der Waals surface area contributed by atoms with Crippen LogP contribution in [0.4, 0.5) is 11.4 Å². The third kappa shape index (κ3) is 1.72. The second-order valence-corrected chi connectivity index (χ2v) is 4.77. The molecule has 0 unspecified atom stereocenters. The number of nitrogens with zero attached hydrogens (tertiary/aromatic N) is 1. The summed E-state index contributed by atoms with van der Waals surface area (Å²) in [6.07, 6.45) is 0. The fourth-order valence-electron chi connectivity index (χ4n) is 2.11. The minimum absolute atomic E-state index is 0.447. The van der Waals surface area contributed by atoms with Crippen LogP contribution in [0.25, 0.3) is 0 Å². The summed E-state index contributed by atoms with van der Waals surface area (Å²) in [5.74, 6) is 1.31. The molecule has 0 aliphatic carbocycles. The fourth-order valence-corrected chi connectivity index (χ4v) is 2.79. The van der Waals surface area contributed by atoms with Crippen molar-refractivity contribution in [2.24, 2.45) is 0 Å². The lowest BCUT2D eigenvalue weighted by molar-refractivity contribution is 0.323. The van der Waals surface area contributed by atoms with Gasteiger partial charge in [-0.05, 0) is 28.1 Å². The van der Waals surface area contributed by atoms with E-state index in [1.807, 2.05) is 17.0 Å². The van der Waals surface area contributed by atoms with Crippen molar-refractivity contribution in [1.29, 1.82) is 5.41 Å². The van der Waals surface area contributed by atoms with Crippen molar-refractivity contribution in [3.63, 3.8) is 0 Å². The van der Waals surface area contributed by atoms with Crippen LogP contribution in [0.1, 0.15) is 0 Å². The largest absolute Gasteiger partial charge is 0.490 e. The van der Waals surface area contributed by atoms with Crippen LogP contribution in [0.3, 0.4) is 0 Å². The van der Waals surface area contributed by atoms with Crippen molar-refractivity contribution in [2.75, 3.05) is 36.5 Å². The maximum Gasteiger partial charge on any atom is 0.195 e. The molecule has 1 aromatic rings. The normalized spacial score (nSPS) is 18.2. The van der Waals surface area contributed by atoms with E-state index >= 15 is 0 Å². The van der Waals surface area contributed by atoms with Crippen molar-refractivity contribution in [2.45, 2.75) is 0 Å². The zero-order valence-electron chi connectivity index (χ0n) is 9.22. The molecule has 6 heteroatoms. The molecule has 0 spiro atoms. The van der Waals surface area contributed by atoms with Gasteiger partial charge in [0.05, 0.1) is 15.8 Å². The van der Waals surface area contributed by atoms with Crippen molar-refractivity contribution in [1.82, 2.24) is 5.32 Å². The Bertz CT molecular complexity index is 477. The van der Waals surface area contributed by atoms with Gasteiger partial charge < -0.3 is 20.3 Å². The molecule has 2 heterocycles. The highest BCUT2D eigenvalue weighted by Gasteiger charge is 2.23. The zero-order chi connectivity index (χ0) is 11.8. The second kappa shape index (κ2) is 4.10. The number of benzene rings is 1. The summed E-state index contributed by atoms with van der Waals surface area (Å²) >= 11 is 3.60. The van der Waals surface area contributed by atoms with Gasteiger partial charge in [0.15, 0.2) is 5.96 Å². The number of anilines is 2. The first-order valence-electron chi connectivity index (χ1n) is 5.56. The Kier molecular flexibility index (Phi) is 2.58. The molecule has 1 fully saturated rings. The predicted molar refractivity (Wildman–Crippen MR) is 71.2 cm³/mol. The van der Waals surface area contributed by atoms with E-state index < -0.39 is 0 Å². The Labute approximate surface area is 108 Å². The summed E-state index contributed by atoms with van der Waals surface area (Å²) < 4.78 is 6.53. The summed E-state index contributed by atoms with van der Waals surface area (Å²) in [4.78, 5) is 1.95. The van der Waals surface area contributed by atoms with Crippen LogP contribution in [0.5, 0.6) is 5.75 Å². The summed E-state index contributed by atoms with van der Waals surface area (Å²) in [5, 5.41) is 14.2. The first kappa shape index (κ1) is 10.7. The topological polar surface area (TPSA) is 60.4 Å². The molecule has 0 amide bonds. The molecule has 17 heavy (non-hydrogen) atoms. The van der Waals surface area contributed by atoms with Gasteiger partial charge >= 0.3 is 0 Å². The number of ether oxygens (including phenoxy) is 1. The lowest BCUT2D eigenvalue weighted by Gasteiger charge is -2.25. The molecule has 0 saturated carbocycles. The minimum Gasteiger partial charge on any atom is -0.490 e. The third-order valence-corrected chi connectivity index (χ3v) is 3.74. The van der Waals surface area contributed by atoms with Gasteiger partial charge in [0, 0.05) is 19.6 Å². The number of rotatable bonds is 1. The lowest BCUT2D eigenvalue weighted by Crippen LogP contribution is -2.29. The molecule has 0 radical (unpaired) electrons. The van der Waals surface area contributed by atoms with Crippen LogP contribution in [0, 0.1) is 5.41 Å². The Morgan fingerprint density at radius 3 is 2.94 bits per heavy atom. The first-order valence-corrected chi connectivity index (χ1v) is 6.36. The predicted octanol–water partition coefficient (Wildman–Crippen LogP) is 1.60. The average Bonchev–Trinajstić information content (AvgIpc) is 2.76. The van der Waals surface area contributed by atoms with E-state index in [2.05, 4.69) is 26.6 Å². The van der Waals surface area contributed by atoms with Gasteiger partial charge in [0.25, 0.3) is 0 Å². The number of fused-ring (bicyclic) bond motifs is 1. The molecule has 2 aliphatic rings. The monoisotopic (exact) mass is 296 g/mol. The molecule has 0 bridgehead atoms.